The summed E-state index contributed by atoms with van der Waals surface area (Å²) in [5.41, 5.74) is 1.89. The van der Waals surface area contributed by atoms with E-state index < -0.39 is 4.92 Å². The van der Waals surface area contributed by atoms with E-state index in [1.54, 1.807) is 6.07 Å². The first kappa shape index (κ1) is 15.6. The number of likely N-dealkylation sites (N-methyl/N-ethyl adjacent to an activating group) is 1. The Hall–Kier alpha value is -1.49. The number of nitrogens with zero attached hydrogens (tertiary/aromatic N) is 2. The third kappa shape index (κ3) is 3.73. The van der Waals surface area contributed by atoms with Gasteiger partial charge in [-0.1, -0.05) is 20.8 Å². The number of nitro groups is 1. The van der Waals surface area contributed by atoms with Crippen molar-refractivity contribution in [3.05, 3.63) is 33.6 Å². The van der Waals surface area contributed by atoms with E-state index in [9.17, 15) is 10.1 Å². The normalized spacial score (nSPS) is 14.4. The molecule has 0 aliphatic carbocycles. The Morgan fingerprint density at radius 1 is 1.42 bits per heavy atom. The van der Waals surface area contributed by atoms with Gasteiger partial charge in [0.25, 0.3) is 5.69 Å². The van der Waals surface area contributed by atoms with Crippen molar-refractivity contribution in [1.29, 1.82) is 0 Å². The maximum Gasteiger partial charge on any atom is 0.287 e. The van der Waals surface area contributed by atoms with Gasteiger partial charge in [0.1, 0.15) is 6.20 Å². The Balaban J connectivity index is 3.13. The van der Waals surface area contributed by atoms with Crippen LogP contribution in [0.1, 0.15) is 44.9 Å². The van der Waals surface area contributed by atoms with Crippen molar-refractivity contribution in [2.75, 3.05) is 6.54 Å². The zero-order valence-corrected chi connectivity index (χ0v) is 12.3. The molecule has 0 saturated carbocycles. The third-order valence-corrected chi connectivity index (χ3v) is 3.41. The first-order valence-electron chi connectivity index (χ1n) is 6.72. The maximum atomic E-state index is 10.8. The molecule has 5 nitrogen and oxygen atoms in total. The molecule has 1 aromatic rings. The van der Waals surface area contributed by atoms with E-state index in [0.717, 1.165) is 17.8 Å². The van der Waals surface area contributed by atoms with Crippen LogP contribution < -0.4 is 5.32 Å². The molecular weight excluding hydrogens is 242 g/mol. The molecule has 0 fully saturated rings. The molecule has 0 aliphatic rings. The van der Waals surface area contributed by atoms with E-state index in [2.05, 4.69) is 38.0 Å². The average molecular weight is 265 g/mol. The van der Waals surface area contributed by atoms with Crippen LogP contribution in [-0.4, -0.2) is 22.5 Å². The van der Waals surface area contributed by atoms with E-state index in [4.69, 9.17) is 0 Å². The second-order valence-electron chi connectivity index (χ2n) is 5.27. The maximum absolute atomic E-state index is 10.8. The number of nitrogens with one attached hydrogen (secondary N) is 1. The summed E-state index contributed by atoms with van der Waals surface area (Å²) < 4.78 is 0. The van der Waals surface area contributed by atoms with Gasteiger partial charge in [0, 0.05) is 23.7 Å². The molecule has 0 aromatic carbocycles. The van der Waals surface area contributed by atoms with E-state index in [0.29, 0.717) is 5.92 Å². The smallest absolute Gasteiger partial charge is 0.287 e. The SMILES string of the molecule is CCNC(C)C(c1ncc([N+](=O)[O-])cc1C)C(C)C. The van der Waals surface area contributed by atoms with Crippen molar-refractivity contribution in [3.8, 4) is 0 Å². The second-order valence-corrected chi connectivity index (χ2v) is 5.27. The predicted octanol–water partition coefficient (Wildman–Crippen LogP) is 3.04. The molecule has 0 saturated heterocycles. The van der Waals surface area contributed by atoms with Gasteiger partial charge in [-0.15, -0.1) is 0 Å². The zero-order valence-electron chi connectivity index (χ0n) is 12.3. The van der Waals surface area contributed by atoms with Crippen LogP contribution in [0.3, 0.4) is 0 Å². The van der Waals surface area contributed by atoms with Crippen molar-refractivity contribution >= 4 is 5.69 Å². The highest BCUT2D eigenvalue weighted by Crippen LogP contribution is 2.30. The van der Waals surface area contributed by atoms with Crippen molar-refractivity contribution in [3.63, 3.8) is 0 Å². The lowest BCUT2D eigenvalue weighted by Crippen LogP contribution is -2.35. The first-order valence-corrected chi connectivity index (χ1v) is 6.72. The molecule has 0 amide bonds. The minimum Gasteiger partial charge on any atom is -0.314 e. The first-order chi connectivity index (χ1) is 8.88. The number of hydrogen-bond donors (Lipinski definition) is 1. The number of hydrogen-bond acceptors (Lipinski definition) is 4. The Labute approximate surface area is 114 Å². The highest BCUT2D eigenvalue weighted by molar-refractivity contribution is 5.35. The molecular formula is C14H23N3O2. The van der Waals surface area contributed by atoms with Crippen LogP contribution in [0.5, 0.6) is 0 Å². The summed E-state index contributed by atoms with van der Waals surface area (Å²) in [5, 5.41) is 14.2. The van der Waals surface area contributed by atoms with Crippen LogP contribution in [0, 0.1) is 23.0 Å². The minimum atomic E-state index is -0.401. The fourth-order valence-corrected chi connectivity index (χ4v) is 2.60. The monoisotopic (exact) mass is 265 g/mol. The van der Waals surface area contributed by atoms with Crippen LogP contribution in [0.25, 0.3) is 0 Å². The van der Waals surface area contributed by atoms with Crippen LogP contribution in [0.2, 0.25) is 0 Å². The highest BCUT2D eigenvalue weighted by atomic mass is 16.6. The second kappa shape index (κ2) is 6.61. The summed E-state index contributed by atoms with van der Waals surface area (Å²) in [6, 6.07) is 1.90. The lowest BCUT2D eigenvalue weighted by atomic mass is 9.84. The summed E-state index contributed by atoms with van der Waals surface area (Å²) in [6.07, 6.45) is 1.36. The molecule has 106 valence electrons. The largest absolute Gasteiger partial charge is 0.314 e. The molecule has 2 atom stereocenters. The number of rotatable bonds is 6. The van der Waals surface area contributed by atoms with E-state index >= 15 is 0 Å². The Kier molecular flexibility index (Phi) is 5.42. The molecule has 2 unspecified atom stereocenters. The van der Waals surface area contributed by atoms with Crippen molar-refractivity contribution in [2.24, 2.45) is 5.92 Å². The highest BCUT2D eigenvalue weighted by Gasteiger charge is 2.26. The standard InChI is InChI=1S/C14H23N3O2/c1-6-15-11(5)13(9(2)3)14-10(4)7-12(8-16-14)17(18)19/h7-9,11,13,15H,6H2,1-5H3. The Bertz CT molecular complexity index is 446. The summed E-state index contributed by atoms with van der Waals surface area (Å²) in [5.74, 6) is 0.669. The molecule has 19 heavy (non-hydrogen) atoms. The van der Waals surface area contributed by atoms with Gasteiger partial charge in [-0.3, -0.25) is 15.1 Å². The summed E-state index contributed by atoms with van der Waals surface area (Å²) >= 11 is 0. The van der Waals surface area contributed by atoms with Crippen LogP contribution in [0.15, 0.2) is 12.3 Å². The fraction of sp³-hybridized carbons (Fsp3) is 0.643. The van der Waals surface area contributed by atoms with E-state index in [1.807, 2.05) is 6.92 Å². The number of aromatic nitrogens is 1. The molecule has 0 bridgehead atoms. The molecule has 1 rings (SSSR count). The quantitative estimate of drug-likeness (QED) is 0.634. The van der Waals surface area contributed by atoms with Crippen LogP contribution >= 0.6 is 0 Å². The van der Waals surface area contributed by atoms with Crippen LogP contribution in [-0.2, 0) is 0 Å². The van der Waals surface area contributed by atoms with Gasteiger partial charge in [-0.05, 0) is 31.9 Å². The zero-order chi connectivity index (χ0) is 14.6. The van der Waals surface area contributed by atoms with Crippen LogP contribution in [0.4, 0.5) is 5.69 Å². The Morgan fingerprint density at radius 2 is 2.05 bits per heavy atom. The van der Waals surface area contributed by atoms with Gasteiger partial charge in [-0.2, -0.15) is 0 Å². The van der Waals surface area contributed by atoms with E-state index in [1.165, 1.54) is 6.20 Å². The van der Waals surface area contributed by atoms with Gasteiger partial charge >= 0.3 is 0 Å². The van der Waals surface area contributed by atoms with Gasteiger partial charge in [-0.25, -0.2) is 0 Å². The molecule has 0 aliphatic heterocycles. The minimum absolute atomic E-state index is 0.0554. The number of pyridine rings is 1. The van der Waals surface area contributed by atoms with Gasteiger partial charge in [0.2, 0.25) is 0 Å². The van der Waals surface area contributed by atoms with Crippen molar-refractivity contribution < 1.29 is 4.92 Å². The van der Waals surface area contributed by atoms with E-state index in [-0.39, 0.29) is 17.6 Å². The summed E-state index contributed by atoms with van der Waals surface area (Å²) in [4.78, 5) is 14.7. The average Bonchev–Trinajstić information content (AvgIpc) is 2.31. The lowest BCUT2D eigenvalue weighted by molar-refractivity contribution is -0.385. The fourth-order valence-electron chi connectivity index (χ4n) is 2.60. The van der Waals surface area contributed by atoms with Gasteiger partial charge < -0.3 is 5.32 Å². The topological polar surface area (TPSA) is 68.1 Å². The van der Waals surface area contributed by atoms with Gasteiger partial charge in [0.15, 0.2) is 0 Å². The molecule has 1 heterocycles. The Morgan fingerprint density at radius 3 is 2.47 bits per heavy atom. The number of aryl methyl sites for hydroxylation is 1. The molecule has 1 aromatic heterocycles. The molecule has 0 radical (unpaired) electrons. The third-order valence-electron chi connectivity index (χ3n) is 3.41. The molecule has 0 spiro atoms. The van der Waals surface area contributed by atoms with Gasteiger partial charge in [0.05, 0.1) is 4.92 Å². The molecule has 1 N–H and O–H groups in total. The van der Waals surface area contributed by atoms with Crippen molar-refractivity contribution in [2.45, 2.75) is 46.6 Å². The lowest BCUT2D eigenvalue weighted by Gasteiger charge is -2.28. The summed E-state index contributed by atoms with van der Waals surface area (Å²) in [7, 11) is 0. The molecule has 5 heteroatoms. The summed E-state index contributed by atoms with van der Waals surface area (Å²) in [6.45, 7) is 11.3. The predicted molar refractivity (Wildman–Crippen MR) is 76.3 cm³/mol. The van der Waals surface area contributed by atoms with Crippen molar-refractivity contribution in [1.82, 2.24) is 10.3 Å².